The molecule has 0 atom stereocenters. The van der Waals surface area contributed by atoms with Crippen molar-refractivity contribution in [3.63, 3.8) is 0 Å². The zero-order valence-electron chi connectivity index (χ0n) is 12.3. The summed E-state index contributed by atoms with van der Waals surface area (Å²) in [6, 6.07) is 6.94. The molecule has 0 spiro atoms. The third kappa shape index (κ3) is 3.60. The Bertz CT molecular complexity index is 420. The van der Waals surface area contributed by atoms with E-state index in [0.717, 1.165) is 12.8 Å². The molecule has 108 valence electrons. The van der Waals surface area contributed by atoms with Gasteiger partial charge >= 0.3 is 0 Å². The molecule has 2 N–H and O–H groups in total. The van der Waals surface area contributed by atoms with Crippen molar-refractivity contribution in [3.05, 3.63) is 34.9 Å². The lowest BCUT2D eigenvalue weighted by atomic mass is 9.75. The van der Waals surface area contributed by atoms with Crippen LogP contribution in [0.15, 0.2) is 18.2 Å². The molecule has 0 unspecified atom stereocenters. The van der Waals surface area contributed by atoms with E-state index in [4.69, 9.17) is 5.73 Å². The van der Waals surface area contributed by atoms with Crippen molar-refractivity contribution < 1.29 is 0 Å². The minimum Gasteiger partial charge on any atom is -0.321 e. The van der Waals surface area contributed by atoms with Crippen LogP contribution in [0.5, 0.6) is 0 Å². The fraction of sp³-hybridized carbons (Fsp3) is 0.667. The lowest BCUT2D eigenvalue weighted by Gasteiger charge is -2.35. The van der Waals surface area contributed by atoms with Crippen LogP contribution in [-0.2, 0) is 11.0 Å². The Labute approximate surface area is 119 Å². The van der Waals surface area contributed by atoms with Crippen LogP contribution in [-0.4, -0.2) is 0 Å². The van der Waals surface area contributed by atoms with Crippen molar-refractivity contribution in [2.75, 3.05) is 0 Å². The van der Waals surface area contributed by atoms with E-state index in [0.29, 0.717) is 0 Å². The highest BCUT2D eigenvalue weighted by Gasteiger charge is 2.30. The van der Waals surface area contributed by atoms with Crippen molar-refractivity contribution in [2.24, 2.45) is 5.73 Å². The molecule has 0 heterocycles. The third-order valence-electron chi connectivity index (χ3n) is 4.26. The summed E-state index contributed by atoms with van der Waals surface area (Å²) in [6.07, 6.45) is 6.17. The van der Waals surface area contributed by atoms with E-state index in [1.54, 1.807) is 0 Å². The molecule has 1 aliphatic rings. The van der Waals surface area contributed by atoms with E-state index in [9.17, 15) is 0 Å². The highest BCUT2D eigenvalue weighted by atomic mass is 14.7. The van der Waals surface area contributed by atoms with Crippen LogP contribution >= 0.6 is 0 Å². The first kappa shape index (κ1) is 16.2. The smallest absolute Gasteiger partial charge is 0.0409 e. The van der Waals surface area contributed by atoms with Crippen LogP contribution in [0.3, 0.4) is 0 Å². The highest BCUT2D eigenvalue weighted by Crippen LogP contribution is 2.37. The maximum Gasteiger partial charge on any atom is 0.0409 e. The SMILES string of the molecule is C.Cc1cc(C(C)(C)C)cc(C2(N)CCCCC2)c1. The van der Waals surface area contributed by atoms with E-state index in [2.05, 4.69) is 45.9 Å². The molecule has 1 fully saturated rings. The van der Waals surface area contributed by atoms with Crippen molar-refractivity contribution in [3.8, 4) is 0 Å². The van der Waals surface area contributed by atoms with Gasteiger partial charge in [0.25, 0.3) is 0 Å². The first-order valence-corrected chi connectivity index (χ1v) is 7.23. The molecule has 0 aliphatic heterocycles. The molecule has 1 aromatic rings. The lowest BCUT2D eigenvalue weighted by Crippen LogP contribution is -2.38. The van der Waals surface area contributed by atoms with Crippen LogP contribution < -0.4 is 5.73 Å². The van der Waals surface area contributed by atoms with Gasteiger partial charge in [-0.1, -0.05) is 71.2 Å². The highest BCUT2D eigenvalue weighted by molar-refractivity contribution is 5.37. The number of hydrogen-bond donors (Lipinski definition) is 1. The second-order valence-corrected chi connectivity index (χ2v) is 7.05. The summed E-state index contributed by atoms with van der Waals surface area (Å²) in [6.45, 7) is 9.01. The molecule has 0 bridgehead atoms. The number of rotatable bonds is 1. The Morgan fingerprint density at radius 2 is 1.58 bits per heavy atom. The average molecular weight is 261 g/mol. The summed E-state index contributed by atoms with van der Waals surface area (Å²) in [5, 5.41) is 0. The summed E-state index contributed by atoms with van der Waals surface area (Å²) >= 11 is 0. The normalized spacial score (nSPS) is 18.8. The summed E-state index contributed by atoms with van der Waals surface area (Å²) in [5.41, 5.74) is 10.9. The minimum absolute atomic E-state index is 0. The predicted molar refractivity (Wildman–Crippen MR) is 85.6 cm³/mol. The maximum atomic E-state index is 6.66. The van der Waals surface area contributed by atoms with Crippen molar-refractivity contribution in [1.82, 2.24) is 0 Å². The molecular weight excluding hydrogens is 230 g/mol. The molecule has 1 aliphatic carbocycles. The largest absolute Gasteiger partial charge is 0.321 e. The van der Waals surface area contributed by atoms with Gasteiger partial charge in [-0.25, -0.2) is 0 Å². The maximum absolute atomic E-state index is 6.66. The summed E-state index contributed by atoms with van der Waals surface area (Å²) in [7, 11) is 0. The van der Waals surface area contributed by atoms with E-state index in [-0.39, 0.29) is 18.4 Å². The zero-order valence-corrected chi connectivity index (χ0v) is 12.3. The predicted octanol–water partition coefficient (Wildman–Crippen LogP) is 5.05. The lowest BCUT2D eigenvalue weighted by molar-refractivity contribution is 0.302. The number of benzene rings is 1. The molecule has 0 amide bonds. The van der Waals surface area contributed by atoms with Gasteiger partial charge in [-0.3, -0.25) is 0 Å². The Balaban J connectivity index is 0.00000180. The Kier molecular flexibility index (Phi) is 4.84. The fourth-order valence-electron chi connectivity index (χ4n) is 2.97. The fourth-order valence-corrected chi connectivity index (χ4v) is 2.97. The molecule has 0 saturated heterocycles. The summed E-state index contributed by atoms with van der Waals surface area (Å²) in [5.74, 6) is 0. The van der Waals surface area contributed by atoms with Gasteiger partial charge in [-0.2, -0.15) is 0 Å². The van der Waals surface area contributed by atoms with Crippen LogP contribution in [0.25, 0.3) is 0 Å². The summed E-state index contributed by atoms with van der Waals surface area (Å²) < 4.78 is 0. The Morgan fingerprint density at radius 3 is 2.11 bits per heavy atom. The van der Waals surface area contributed by atoms with E-state index < -0.39 is 0 Å². The molecule has 1 heteroatoms. The zero-order chi connectivity index (χ0) is 13.4. The van der Waals surface area contributed by atoms with Crippen molar-refractivity contribution in [1.29, 1.82) is 0 Å². The summed E-state index contributed by atoms with van der Waals surface area (Å²) in [4.78, 5) is 0. The standard InChI is InChI=1S/C17H27N.CH4/c1-13-10-14(16(2,3)4)12-15(11-13)17(18)8-6-5-7-9-17;/h10-12H,5-9,18H2,1-4H3;1H4. The van der Waals surface area contributed by atoms with Gasteiger partial charge in [-0.15, -0.1) is 0 Å². The second-order valence-electron chi connectivity index (χ2n) is 7.05. The van der Waals surface area contributed by atoms with Gasteiger partial charge < -0.3 is 5.73 Å². The molecule has 1 nitrogen and oxygen atoms in total. The first-order valence-electron chi connectivity index (χ1n) is 7.23. The molecular formula is C18H31N. The van der Waals surface area contributed by atoms with Crippen molar-refractivity contribution >= 4 is 0 Å². The monoisotopic (exact) mass is 261 g/mol. The Hall–Kier alpha value is -0.820. The van der Waals surface area contributed by atoms with E-state index >= 15 is 0 Å². The van der Waals surface area contributed by atoms with E-state index in [1.165, 1.54) is 36.0 Å². The average Bonchev–Trinajstić information content (AvgIpc) is 2.28. The minimum atomic E-state index is -0.0791. The Morgan fingerprint density at radius 1 is 1.00 bits per heavy atom. The second kappa shape index (κ2) is 5.66. The van der Waals surface area contributed by atoms with Crippen LogP contribution in [0.2, 0.25) is 0 Å². The van der Waals surface area contributed by atoms with Gasteiger partial charge in [0.05, 0.1) is 0 Å². The van der Waals surface area contributed by atoms with Crippen LogP contribution in [0.4, 0.5) is 0 Å². The van der Waals surface area contributed by atoms with Gasteiger partial charge in [-0.05, 0) is 36.3 Å². The van der Waals surface area contributed by atoms with Crippen LogP contribution in [0.1, 0.15) is 77.0 Å². The molecule has 0 radical (unpaired) electrons. The van der Waals surface area contributed by atoms with E-state index in [1.807, 2.05) is 0 Å². The molecule has 1 aromatic carbocycles. The van der Waals surface area contributed by atoms with Crippen LogP contribution in [0, 0.1) is 6.92 Å². The molecule has 2 rings (SSSR count). The molecule has 1 saturated carbocycles. The number of hydrogen-bond acceptors (Lipinski definition) is 1. The quantitative estimate of drug-likeness (QED) is 0.752. The topological polar surface area (TPSA) is 26.0 Å². The van der Waals surface area contributed by atoms with Gasteiger partial charge in [0, 0.05) is 5.54 Å². The molecule has 19 heavy (non-hydrogen) atoms. The van der Waals surface area contributed by atoms with Gasteiger partial charge in [0.1, 0.15) is 0 Å². The number of aryl methyl sites for hydroxylation is 1. The molecule has 0 aromatic heterocycles. The van der Waals surface area contributed by atoms with Gasteiger partial charge in [0.2, 0.25) is 0 Å². The third-order valence-corrected chi connectivity index (χ3v) is 4.26. The number of nitrogens with two attached hydrogens (primary N) is 1. The van der Waals surface area contributed by atoms with Crippen molar-refractivity contribution in [2.45, 2.75) is 78.2 Å². The van der Waals surface area contributed by atoms with Gasteiger partial charge in [0.15, 0.2) is 0 Å². The first-order chi connectivity index (χ1) is 8.31.